The number of hydrogen-bond acceptors (Lipinski definition) is 2. The van der Waals surface area contributed by atoms with E-state index in [0.29, 0.717) is 0 Å². The highest BCUT2D eigenvalue weighted by Crippen LogP contribution is 2.31. The average molecular weight is 216 g/mol. The number of aromatic nitrogens is 2. The minimum Gasteiger partial charge on any atom is -0.345 e. The molecule has 2 rings (SSSR count). The standard InChI is InChI=1S/C13H16N2O/c1-8(16)9-7-15-12-11(9)10(5-6-14-12)13(2,3)4/h5-7H,1-4H3,(H,14,15). The lowest BCUT2D eigenvalue weighted by molar-refractivity contribution is 0.101. The molecule has 0 radical (unpaired) electrons. The number of fused-ring (bicyclic) bond motifs is 1. The van der Waals surface area contributed by atoms with Gasteiger partial charge in [-0.3, -0.25) is 4.79 Å². The molecular weight excluding hydrogens is 200 g/mol. The highest BCUT2D eigenvalue weighted by Gasteiger charge is 2.21. The van der Waals surface area contributed by atoms with E-state index in [-0.39, 0.29) is 11.2 Å². The average Bonchev–Trinajstić information content (AvgIpc) is 2.58. The number of hydrogen-bond donors (Lipinski definition) is 1. The van der Waals surface area contributed by atoms with E-state index >= 15 is 0 Å². The van der Waals surface area contributed by atoms with E-state index in [9.17, 15) is 4.79 Å². The molecule has 2 heterocycles. The largest absolute Gasteiger partial charge is 0.345 e. The van der Waals surface area contributed by atoms with E-state index in [1.54, 1.807) is 19.3 Å². The Kier molecular flexibility index (Phi) is 2.34. The molecule has 0 aromatic carbocycles. The molecule has 84 valence electrons. The first kappa shape index (κ1) is 10.9. The maximum absolute atomic E-state index is 11.6. The molecule has 0 saturated heterocycles. The molecule has 0 amide bonds. The number of carbonyl (C=O) groups is 1. The zero-order valence-electron chi connectivity index (χ0n) is 10.1. The minimum absolute atomic E-state index is 0.00752. The van der Waals surface area contributed by atoms with Gasteiger partial charge in [0.05, 0.1) is 0 Å². The lowest BCUT2D eigenvalue weighted by Crippen LogP contribution is -2.12. The Hall–Kier alpha value is -1.64. The second-order valence-electron chi connectivity index (χ2n) is 5.09. The second-order valence-corrected chi connectivity index (χ2v) is 5.09. The van der Waals surface area contributed by atoms with Gasteiger partial charge in [-0.2, -0.15) is 0 Å². The maximum atomic E-state index is 11.6. The molecule has 2 aromatic rings. The quantitative estimate of drug-likeness (QED) is 0.744. The normalized spacial score (nSPS) is 12.0. The number of aromatic amines is 1. The molecular formula is C13H16N2O. The van der Waals surface area contributed by atoms with Crippen LogP contribution in [0.15, 0.2) is 18.5 Å². The Morgan fingerprint density at radius 2 is 2.06 bits per heavy atom. The van der Waals surface area contributed by atoms with E-state index in [2.05, 4.69) is 30.7 Å². The topological polar surface area (TPSA) is 45.8 Å². The van der Waals surface area contributed by atoms with Crippen molar-refractivity contribution in [3.8, 4) is 0 Å². The number of pyridine rings is 1. The fourth-order valence-electron chi connectivity index (χ4n) is 1.96. The van der Waals surface area contributed by atoms with Gasteiger partial charge >= 0.3 is 0 Å². The van der Waals surface area contributed by atoms with Crippen LogP contribution in [0.1, 0.15) is 43.6 Å². The Morgan fingerprint density at radius 3 is 2.62 bits per heavy atom. The summed E-state index contributed by atoms with van der Waals surface area (Å²) in [5.74, 6) is 0.0738. The van der Waals surface area contributed by atoms with Crippen molar-refractivity contribution in [3.63, 3.8) is 0 Å². The summed E-state index contributed by atoms with van der Waals surface area (Å²) in [6.45, 7) is 8.00. The Bertz CT molecular complexity index is 547. The number of nitrogens with one attached hydrogen (secondary N) is 1. The summed E-state index contributed by atoms with van der Waals surface area (Å²) >= 11 is 0. The molecule has 0 aliphatic heterocycles. The van der Waals surface area contributed by atoms with Crippen LogP contribution >= 0.6 is 0 Å². The Morgan fingerprint density at radius 1 is 1.38 bits per heavy atom. The highest BCUT2D eigenvalue weighted by molar-refractivity contribution is 6.07. The summed E-state index contributed by atoms with van der Waals surface area (Å²) in [7, 11) is 0. The number of H-pyrrole nitrogens is 1. The van der Waals surface area contributed by atoms with Gasteiger partial charge in [0.2, 0.25) is 0 Å². The predicted molar refractivity (Wildman–Crippen MR) is 64.8 cm³/mol. The minimum atomic E-state index is 0.00752. The van der Waals surface area contributed by atoms with Gasteiger partial charge < -0.3 is 4.98 Å². The summed E-state index contributed by atoms with van der Waals surface area (Å²) in [5, 5.41) is 0.961. The molecule has 0 spiro atoms. The van der Waals surface area contributed by atoms with Gasteiger partial charge in [0.25, 0.3) is 0 Å². The monoisotopic (exact) mass is 216 g/mol. The molecule has 3 nitrogen and oxygen atoms in total. The Labute approximate surface area is 94.9 Å². The fourth-order valence-corrected chi connectivity index (χ4v) is 1.96. The van der Waals surface area contributed by atoms with Gasteiger partial charge in [-0.05, 0) is 24.0 Å². The number of Topliss-reactive ketones (excluding diaryl/α,β-unsaturated/α-hetero) is 1. The van der Waals surface area contributed by atoms with Crippen LogP contribution in [-0.4, -0.2) is 15.8 Å². The first-order valence-corrected chi connectivity index (χ1v) is 5.39. The van der Waals surface area contributed by atoms with Crippen LogP contribution in [0.25, 0.3) is 11.0 Å². The van der Waals surface area contributed by atoms with Crippen molar-refractivity contribution in [2.45, 2.75) is 33.1 Å². The van der Waals surface area contributed by atoms with E-state index in [1.165, 1.54) is 0 Å². The van der Waals surface area contributed by atoms with Crippen molar-refractivity contribution in [1.82, 2.24) is 9.97 Å². The maximum Gasteiger partial charge on any atom is 0.162 e. The van der Waals surface area contributed by atoms with Crippen molar-refractivity contribution in [2.24, 2.45) is 0 Å². The zero-order chi connectivity index (χ0) is 11.9. The van der Waals surface area contributed by atoms with Crippen LogP contribution in [0.4, 0.5) is 0 Å². The van der Waals surface area contributed by atoms with Crippen LogP contribution in [0.3, 0.4) is 0 Å². The van der Waals surface area contributed by atoms with Crippen LogP contribution in [0, 0.1) is 0 Å². The molecule has 0 saturated carbocycles. The fraction of sp³-hybridized carbons (Fsp3) is 0.385. The van der Waals surface area contributed by atoms with Crippen molar-refractivity contribution in [3.05, 3.63) is 29.6 Å². The van der Waals surface area contributed by atoms with Crippen LogP contribution < -0.4 is 0 Å². The van der Waals surface area contributed by atoms with Crippen molar-refractivity contribution >= 4 is 16.8 Å². The number of ketones is 1. The summed E-state index contributed by atoms with van der Waals surface area (Å²) in [4.78, 5) is 18.9. The zero-order valence-corrected chi connectivity index (χ0v) is 10.1. The summed E-state index contributed by atoms with van der Waals surface area (Å²) in [6.07, 6.45) is 3.53. The van der Waals surface area contributed by atoms with E-state index in [0.717, 1.165) is 22.2 Å². The molecule has 0 bridgehead atoms. The van der Waals surface area contributed by atoms with Gasteiger partial charge in [0.1, 0.15) is 5.65 Å². The molecule has 1 N–H and O–H groups in total. The molecule has 0 aliphatic carbocycles. The smallest absolute Gasteiger partial charge is 0.162 e. The molecule has 3 heteroatoms. The van der Waals surface area contributed by atoms with Crippen LogP contribution in [-0.2, 0) is 5.41 Å². The summed E-state index contributed by atoms with van der Waals surface area (Å²) < 4.78 is 0. The van der Waals surface area contributed by atoms with Crippen molar-refractivity contribution < 1.29 is 4.79 Å². The molecule has 0 unspecified atom stereocenters. The van der Waals surface area contributed by atoms with Crippen LogP contribution in [0.5, 0.6) is 0 Å². The SMILES string of the molecule is CC(=O)c1c[nH]c2nccc(C(C)(C)C)c12. The van der Waals surface area contributed by atoms with Gasteiger partial charge in [0.15, 0.2) is 5.78 Å². The second kappa shape index (κ2) is 3.44. The van der Waals surface area contributed by atoms with Crippen molar-refractivity contribution in [1.29, 1.82) is 0 Å². The number of nitrogens with zero attached hydrogens (tertiary/aromatic N) is 1. The first-order chi connectivity index (χ1) is 7.41. The van der Waals surface area contributed by atoms with Gasteiger partial charge in [0, 0.05) is 23.3 Å². The van der Waals surface area contributed by atoms with Crippen molar-refractivity contribution in [2.75, 3.05) is 0 Å². The molecule has 16 heavy (non-hydrogen) atoms. The summed E-state index contributed by atoms with van der Waals surface area (Å²) in [6, 6.07) is 1.99. The van der Waals surface area contributed by atoms with Gasteiger partial charge in [-0.1, -0.05) is 20.8 Å². The predicted octanol–water partition coefficient (Wildman–Crippen LogP) is 3.06. The van der Waals surface area contributed by atoms with Crippen LogP contribution in [0.2, 0.25) is 0 Å². The van der Waals surface area contributed by atoms with E-state index in [1.807, 2.05) is 6.07 Å². The lowest BCUT2D eigenvalue weighted by atomic mass is 9.84. The van der Waals surface area contributed by atoms with Gasteiger partial charge in [-0.15, -0.1) is 0 Å². The number of rotatable bonds is 1. The van der Waals surface area contributed by atoms with Gasteiger partial charge in [-0.25, -0.2) is 4.98 Å². The third-order valence-electron chi connectivity index (χ3n) is 2.76. The molecule has 0 atom stereocenters. The highest BCUT2D eigenvalue weighted by atomic mass is 16.1. The third kappa shape index (κ3) is 1.62. The summed E-state index contributed by atoms with van der Waals surface area (Å²) in [5.41, 5.74) is 2.68. The Balaban J connectivity index is 2.84. The third-order valence-corrected chi connectivity index (χ3v) is 2.76. The lowest BCUT2D eigenvalue weighted by Gasteiger charge is -2.20. The molecule has 0 aliphatic rings. The first-order valence-electron chi connectivity index (χ1n) is 5.39. The molecule has 2 aromatic heterocycles. The number of carbonyl (C=O) groups excluding carboxylic acids is 1. The van der Waals surface area contributed by atoms with E-state index < -0.39 is 0 Å². The van der Waals surface area contributed by atoms with E-state index in [4.69, 9.17) is 0 Å². The molecule has 0 fully saturated rings.